The summed E-state index contributed by atoms with van der Waals surface area (Å²) in [5.74, 6) is 0.431. The van der Waals surface area contributed by atoms with Crippen LogP contribution in [0.1, 0.15) is 26.2 Å². The first-order chi connectivity index (χ1) is 6.70. The van der Waals surface area contributed by atoms with Gasteiger partial charge in [0.25, 0.3) is 0 Å². The molecule has 0 fully saturated rings. The van der Waals surface area contributed by atoms with E-state index in [4.69, 9.17) is 10.5 Å². The second-order valence-corrected chi connectivity index (χ2v) is 3.55. The monoisotopic (exact) mass is 202 g/mol. The van der Waals surface area contributed by atoms with Crippen molar-refractivity contribution in [3.8, 4) is 0 Å². The number of nitrogens with zero attached hydrogens (tertiary/aromatic N) is 1. The van der Waals surface area contributed by atoms with E-state index in [0.717, 1.165) is 19.3 Å². The first-order valence-electron chi connectivity index (χ1n) is 5.06. The molecule has 0 heterocycles. The van der Waals surface area contributed by atoms with E-state index in [0.29, 0.717) is 19.2 Å². The minimum absolute atomic E-state index is 0.262. The molecule has 0 aromatic rings. The molecule has 3 N–H and O–H groups in total. The molecule has 0 amide bonds. The normalized spacial score (nSPS) is 16.0. The minimum atomic E-state index is -0.262. The number of ether oxygens (including phenoxy) is 1. The molecule has 0 aromatic heterocycles. The molecule has 2 atom stereocenters. The first kappa shape index (κ1) is 13.5. The Morgan fingerprint density at radius 2 is 2.29 bits per heavy atom. The molecule has 0 saturated carbocycles. The highest BCUT2D eigenvalue weighted by Gasteiger charge is 2.09. The van der Waals surface area contributed by atoms with Crippen LogP contribution in [0.15, 0.2) is 4.99 Å². The van der Waals surface area contributed by atoms with Gasteiger partial charge < -0.3 is 15.6 Å². The van der Waals surface area contributed by atoms with Gasteiger partial charge in [0.2, 0.25) is 0 Å². The largest absolute Gasteiger partial charge is 0.393 e. The molecule has 0 aliphatic heterocycles. The quantitative estimate of drug-likeness (QED) is 0.572. The maximum atomic E-state index is 9.24. The van der Waals surface area contributed by atoms with E-state index in [9.17, 15) is 5.11 Å². The standard InChI is InChI=1S/C10H22N2O2/c1-9(13)7-10(3-5-11)4-6-12-8-14-2/h6,9-10,13H,3-5,7-8,11H2,1-2H3/b12-6-. The third kappa shape index (κ3) is 8.16. The number of aliphatic hydroxyl groups is 1. The van der Waals surface area contributed by atoms with Crippen LogP contribution >= 0.6 is 0 Å². The van der Waals surface area contributed by atoms with Crippen LogP contribution in [-0.2, 0) is 4.74 Å². The SMILES string of the molecule is COC/N=C\CC(CCN)CC(C)O. The summed E-state index contributed by atoms with van der Waals surface area (Å²) in [6, 6.07) is 0. The summed E-state index contributed by atoms with van der Waals surface area (Å²) in [5, 5.41) is 9.24. The second kappa shape index (κ2) is 9.12. The molecule has 0 bridgehead atoms. The summed E-state index contributed by atoms with van der Waals surface area (Å²) >= 11 is 0. The predicted octanol–water partition coefficient (Wildman–Crippen LogP) is 0.787. The topological polar surface area (TPSA) is 67.8 Å². The summed E-state index contributed by atoms with van der Waals surface area (Å²) in [5.41, 5.74) is 5.48. The summed E-state index contributed by atoms with van der Waals surface area (Å²) in [4.78, 5) is 4.05. The van der Waals surface area contributed by atoms with Crippen molar-refractivity contribution in [1.29, 1.82) is 0 Å². The lowest BCUT2D eigenvalue weighted by Gasteiger charge is -2.15. The molecule has 84 valence electrons. The van der Waals surface area contributed by atoms with Crippen molar-refractivity contribution in [2.75, 3.05) is 20.4 Å². The fraction of sp³-hybridized carbons (Fsp3) is 0.900. The van der Waals surface area contributed by atoms with Crippen molar-refractivity contribution in [2.24, 2.45) is 16.6 Å². The highest BCUT2D eigenvalue weighted by atomic mass is 16.5. The van der Waals surface area contributed by atoms with Crippen molar-refractivity contribution in [2.45, 2.75) is 32.3 Å². The Kier molecular flexibility index (Phi) is 8.83. The van der Waals surface area contributed by atoms with Gasteiger partial charge in [-0.3, -0.25) is 4.99 Å². The lowest BCUT2D eigenvalue weighted by molar-refractivity contribution is 0.160. The fourth-order valence-electron chi connectivity index (χ4n) is 1.40. The van der Waals surface area contributed by atoms with E-state index in [1.165, 1.54) is 0 Å². The van der Waals surface area contributed by atoms with Gasteiger partial charge in [0.1, 0.15) is 6.73 Å². The summed E-state index contributed by atoms with van der Waals surface area (Å²) < 4.78 is 4.79. The molecule has 14 heavy (non-hydrogen) atoms. The zero-order valence-corrected chi connectivity index (χ0v) is 9.15. The highest BCUT2D eigenvalue weighted by molar-refractivity contribution is 5.57. The number of rotatable bonds is 8. The molecule has 0 aromatic carbocycles. The van der Waals surface area contributed by atoms with Crippen LogP contribution < -0.4 is 5.73 Å². The third-order valence-corrected chi connectivity index (χ3v) is 2.02. The lowest BCUT2D eigenvalue weighted by Crippen LogP contribution is -2.15. The van der Waals surface area contributed by atoms with E-state index in [1.54, 1.807) is 14.0 Å². The smallest absolute Gasteiger partial charge is 0.136 e. The van der Waals surface area contributed by atoms with Gasteiger partial charge in [-0.1, -0.05) is 0 Å². The molecule has 0 saturated heterocycles. The van der Waals surface area contributed by atoms with Gasteiger partial charge in [-0.15, -0.1) is 0 Å². The molecule has 4 nitrogen and oxygen atoms in total. The van der Waals surface area contributed by atoms with Gasteiger partial charge in [0.15, 0.2) is 0 Å². The average molecular weight is 202 g/mol. The van der Waals surface area contributed by atoms with Crippen LogP contribution in [0, 0.1) is 5.92 Å². The van der Waals surface area contributed by atoms with E-state index in [2.05, 4.69) is 4.99 Å². The van der Waals surface area contributed by atoms with Crippen LogP contribution in [0.5, 0.6) is 0 Å². The van der Waals surface area contributed by atoms with Crippen LogP contribution in [0.3, 0.4) is 0 Å². The third-order valence-electron chi connectivity index (χ3n) is 2.02. The van der Waals surface area contributed by atoms with Gasteiger partial charge >= 0.3 is 0 Å². The summed E-state index contributed by atoms with van der Waals surface area (Å²) in [7, 11) is 1.62. The van der Waals surface area contributed by atoms with E-state index < -0.39 is 0 Å². The van der Waals surface area contributed by atoms with Crippen LogP contribution in [0.4, 0.5) is 0 Å². The molecule has 4 heteroatoms. The number of nitrogens with two attached hydrogens (primary N) is 1. The van der Waals surface area contributed by atoms with Crippen LogP contribution in [0.25, 0.3) is 0 Å². The second-order valence-electron chi connectivity index (χ2n) is 3.55. The van der Waals surface area contributed by atoms with Gasteiger partial charge in [-0.25, -0.2) is 0 Å². The Morgan fingerprint density at radius 1 is 1.57 bits per heavy atom. The van der Waals surface area contributed by atoms with Crippen LogP contribution in [0.2, 0.25) is 0 Å². The highest BCUT2D eigenvalue weighted by Crippen LogP contribution is 2.13. The Labute approximate surface area is 86.2 Å². The predicted molar refractivity (Wildman–Crippen MR) is 58.4 cm³/mol. The Balaban J connectivity index is 3.71. The first-order valence-corrected chi connectivity index (χ1v) is 5.06. The minimum Gasteiger partial charge on any atom is -0.393 e. The number of hydrogen-bond acceptors (Lipinski definition) is 4. The van der Waals surface area contributed by atoms with Gasteiger partial charge in [-0.05, 0) is 38.6 Å². The summed E-state index contributed by atoms with van der Waals surface area (Å²) in [6.45, 7) is 2.87. The zero-order chi connectivity index (χ0) is 10.8. The number of hydrogen-bond donors (Lipinski definition) is 2. The number of aliphatic imine (C=N–C) groups is 1. The van der Waals surface area contributed by atoms with Gasteiger partial charge in [0, 0.05) is 13.3 Å². The van der Waals surface area contributed by atoms with Gasteiger partial charge in [0.05, 0.1) is 6.10 Å². The molecule has 0 rings (SSSR count). The molecular formula is C10H22N2O2. The zero-order valence-electron chi connectivity index (χ0n) is 9.15. The fourth-order valence-corrected chi connectivity index (χ4v) is 1.40. The lowest BCUT2D eigenvalue weighted by atomic mass is 9.95. The Morgan fingerprint density at radius 3 is 2.79 bits per heavy atom. The van der Waals surface area contributed by atoms with Gasteiger partial charge in [-0.2, -0.15) is 0 Å². The van der Waals surface area contributed by atoms with Crippen molar-refractivity contribution in [3.63, 3.8) is 0 Å². The maximum absolute atomic E-state index is 9.24. The van der Waals surface area contributed by atoms with Crippen molar-refractivity contribution in [3.05, 3.63) is 0 Å². The Bertz CT molecular complexity index is 149. The van der Waals surface area contributed by atoms with E-state index >= 15 is 0 Å². The molecular weight excluding hydrogens is 180 g/mol. The van der Waals surface area contributed by atoms with Crippen molar-refractivity contribution >= 4 is 6.21 Å². The molecule has 0 aliphatic rings. The molecule has 0 aliphatic carbocycles. The molecule has 0 radical (unpaired) electrons. The maximum Gasteiger partial charge on any atom is 0.136 e. The number of methoxy groups -OCH3 is 1. The van der Waals surface area contributed by atoms with E-state index in [-0.39, 0.29) is 6.10 Å². The average Bonchev–Trinajstić information content (AvgIpc) is 2.12. The number of aliphatic hydroxyl groups excluding tert-OH is 1. The summed E-state index contributed by atoms with van der Waals surface area (Å²) in [6.07, 6.45) is 4.18. The van der Waals surface area contributed by atoms with E-state index in [1.807, 2.05) is 6.21 Å². The molecule has 0 spiro atoms. The molecule has 2 unspecified atom stereocenters. The van der Waals surface area contributed by atoms with Crippen molar-refractivity contribution < 1.29 is 9.84 Å². The van der Waals surface area contributed by atoms with Crippen molar-refractivity contribution in [1.82, 2.24) is 0 Å². The van der Waals surface area contributed by atoms with Crippen LogP contribution in [-0.4, -0.2) is 37.8 Å². The Hall–Kier alpha value is -0.450.